The Kier molecular flexibility index (Phi) is 5.91. The summed E-state index contributed by atoms with van der Waals surface area (Å²) in [5.41, 5.74) is 11.2. The quantitative estimate of drug-likeness (QED) is 0.166. The van der Waals surface area contributed by atoms with E-state index in [1.165, 1.54) is 82.6 Å². The fraction of sp³-hybridized carbons (Fsp3) is 0.154. The average molecular weight is 709 g/mol. The number of allylic oxidation sites excluding steroid dienone is 2. The van der Waals surface area contributed by atoms with Gasteiger partial charge >= 0.3 is 0 Å². The SMILES string of the molecule is CC1C=CC2(C)C3=C1C1(C)Oc4ccccc4C1=CC3(C)N(c1ccc3c4ccc5ccccc5c4n(-c4ccc5ccccc5c4)c3c1)c1ccccc12. The third-order valence-corrected chi connectivity index (χ3v) is 13.5. The molecule has 1 aromatic heterocycles. The number of fused-ring (bicyclic) bond motifs is 12. The van der Waals surface area contributed by atoms with Crippen LogP contribution in [0.5, 0.6) is 5.75 Å². The van der Waals surface area contributed by atoms with E-state index in [1.807, 2.05) is 0 Å². The van der Waals surface area contributed by atoms with Crippen LogP contribution in [0, 0.1) is 5.92 Å². The lowest BCUT2D eigenvalue weighted by Gasteiger charge is -2.59. The van der Waals surface area contributed by atoms with Gasteiger partial charge in [-0.1, -0.05) is 128 Å². The minimum Gasteiger partial charge on any atom is -0.478 e. The molecule has 0 fully saturated rings. The lowest BCUT2D eigenvalue weighted by molar-refractivity contribution is 0.186. The molecule has 264 valence electrons. The Bertz CT molecular complexity index is 3110. The van der Waals surface area contributed by atoms with Crippen molar-refractivity contribution in [2.75, 3.05) is 4.90 Å². The monoisotopic (exact) mass is 708 g/mol. The van der Waals surface area contributed by atoms with E-state index in [0.29, 0.717) is 0 Å². The van der Waals surface area contributed by atoms with Gasteiger partial charge in [0.25, 0.3) is 0 Å². The van der Waals surface area contributed by atoms with Gasteiger partial charge in [0.15, 0.2) is 5.60 Å². The predicted octanol–water partition coefficient (Wildman–Crippen LogP) is 13.0. The van der Waals surface area contributed by atoms with Crippen molar-refractivity contribution in [3.8, 4) is 11.4 Å². The highest BCUT2D eigenvalue weighted by Gasteiger charge is 2.60. The molecule has 3 nitrogen and oxygen atoms in total. The van der Waals surface area contributed by atoms with E-state index >= 15 is 0 Å². The van der Waals surface area contributed by atoms with Gasteiger partial charge in [0.2, 0.25) is 0 Å². The molecule has 4 atom stereocenters. The van der Waals surface area contributed by atoms with Gasteiger partial charge in [-0.2, -0.15) is 0 Å². The Balaban J connectivity index is 1.19. The Morgan fingerprint density at radius 2 is 1.33 bits per heavy atom. The third kappa shape index (κ3) is 3.85. The van der Waals surface area contributed by atoms with Crippen LogP contribution in [0.3, 0.4) is 0 Å². The summed E-state index contributed by atoms with van der Waals surface area (Å²) in [6.45, 7) is 9.53. The molecule has 0 saturated heterocycles. The normalized spacial score (nSPS) is 24.8. The molecular formula is C52H40N2O. The maximum absolute atomic E-state index is 7.06. The molecule has 0 amide bonds. The van der Waals surface area contributed by atoms with Gasteiger partial charge in [-0.15, -0.1) is 0 Å². The summed E-state index contributed by atoms with van der Waals surface area (Å²) >= 11 is 0. The van der Waals surface area contributed by atoms with E-state index in [1.54, 1.807) is 0 Å². The molecule has 55 heavy (non-hydrogen) atoms. The first-order valence-electron chi connectivity index (χ1n) is 19.6. The number of rotatable bonds is 2. The van der Waals surface area contributed by atoms with E-state index in [-0.39, 0.29) is 11.3 Å². The first kappa shape index (κ1) is 31.1. The second-order valence-electron chi connectivity index (χ2n) is 16.6. The number of nitrogens with zero attached hydrogens (tertiary/aromatic N) is 2. The standard InChI is InChI=1S/C52H40N2O/c1-32-27-28-50(2)42-18-10-11-19-44(42)54(51(3)31-43-41-17-9-12-20-46(41)55-52(43,4)47(32)49(50)51)37-24-26-39-40-25-22-34-14-7-8-16-38(34)48(40)53(45(39)30-37)36-23-21-33-13-5-6-15-35(33)29-36/h5-32H,1-4H3. The summed E-state index contributed by atoms with van der Waals surface area (Å²) in [6.07, 6.45) is 7.44. The van der Waals surface area contributed by atoms with Crippen molar-refractivity contribution in [1.82, 2.24) is 4.57 Å². The molecule has 7 aromatic carbocycles. The van der Waals surface area contributed by atoms with Crippen molar-refractivity contribution in [1.29, 1.82) is 0 Å². The van der Waals surface area contributed by atoms with Crippen LogP contribution < -0.4 is 9.64 Å². The van der Waals surface area contributed by atoms with Crippen LogP contribution in [-0.4, -0.2) is 15.7 Å². The van der Waals surface area contributed by atoms with Crippen molar-refractivity contribution >= 4 is 60.3 Å². The average Bonchev–Trinajstić information content (AvgIpc) is 3.70. The lowest BCUT2D eigenvalue weighted by Crippen LogP contribution is -2.59. The van der Waals surface area contributed by atoms with Gasteiger partial charge in [0.1, 0.15) is 5.75 Å². The molecule has 0 spiro atoms. The third-order valence-electron chi connectivity index (χ3n) is 13.5. The van der Waals surface area contributed by atoms with E-state index in [9.17, 15) is 0 Å². The Hall–Kier alpha value is -6.32. The van der Waals surface area contributed by atoms with Gasteiger partial charge < -0.3 is 14.2 Å². The van der Waals surface area contributed by atoms with Crippen molar-refractivity contribution in [2.45, 2.75) is 44.2 Å². The Labute approximate surface area is 321 Å². The van der Waals surface area contributed by atoms with Crippen LogP contribution in [0.4, 0.5) is 11.4 Å². The maximum atomic E-state index is 7.06. The van der Waals surface area contributed by atoms with Gasteiger partial charge in [-0.05, 0) is 102 Å². The first-order chi connectivity index (χ1) is 26.8. The predicted molar refractivity (Wildman–Crippen MR) is 229 cm³/mol. The summed E-state index contributed by atoms with van der Waals surface area (Å²) in [7, 11) is 0. The van der Waals surface area contributed by atoms with Gasteiger partial charge in [0.05, 0.1) is 16.6 Å². The highest BCUT2D eigenvalue weighted by Crippen LogP contribution is 2.65. The zero-order valence-corrected chi connectivity index (χ0v) is 31.5. The number of anilines is 2. The molecule has 12 rings (SSSR count). The molecule has 0 bridgehead atoms. The molecule has 3 heterocycles. The largest absolute Gasteiger partial charge is 0.478 e. The molecule has 3 heteroatoms. The molecule has 4 aliphatic rings. The minimum atomic E-state index is -0.560. The molecule has 0 N–H and O–H groups in total. The van der Waals surface area contributed by atoms with E-state index in [0.717, 1.165) is 11.4 Å². The van der Waals surface area contributed by atoms with E-state index < -0.39 is 11.1 Å². The molecule has 0 radical (unpaired) electrons. The number of benzene rings is 7. The summed E-state index contributed by atoms with van der Waals surface area (Å²) in [4.78, 5) is 2.64. The Morgan fingerprint density at radius 3 is 2.22 bits per heavy atom. The van der Waals surface area contributed by atoms with Crippen LogP contribution in [0.1, 0.15) is 38.8 Å². The maximum Gasteiger partial charge on any atom is 0.154 e. The second kappa shape index (κ2) is 10.5. The summed E-state index contributed by atoms with van der Waals surface area (Å²) < 4.78 is 9.57. The fourth-order valence-electron chi connectivity index (χ4n) is 11.2. The van der Waals surface area contributed by atoms with E-state index in [4.69, 9.17) is 4.74 Å². The van der Waals surface area contributed by atoms with Gasteiger partial charge in [0, 0.05) is 49.8 Å². The topological polar surface area (TPSA) is 17.4 Å². The van der Waals surface area contributed by atoms with Gasteiger partial charge in [-0.3, -0.25) is 0 Å². The van der Waals surface area contributed by atoms with Crippen LogP contribution in [0.2, 0.25) is 0 Å². The number of hydrogen-bond donors (Lipinski definition) is 0. The number of aromatic nitrogens is 1. The molecule has 4 unspecified atom stereocenters. The van der Waals surface area contributed by atoms with E-state index in [2.05, 4.69) is 201 Å². The van der Waals surface area contributed by atoms with Crippen molar-refractivity contribution in [3.63, 3.8) is 0 Å². The minimum absolute atomic E-state index is 0.212. The molecule has 0 saturated carbocycles. The van der Waals surface area contributed by atoms with Crippen LogP contribution in [0.15, 0.2) is 175 Å². The smallest absolute Gasteiger partial charge is 0.154 e. The second-order valence-corrected chi connectivity index (χ2v) is 16.6. The molecular weight excluding hydrogens is 669 g/mol. The fourth-order valence-corrected chi connectivity index (χ4v) is 11.2. The first-order valence-corrected chi connectivity index (χ1v) is 19.6. The van der Waals surface area contributed by atoms with Crippen molar-refractivity contribution in [2.24, 2.45) is 5.92 Å². The molecule has 2 aliphatic carbocycles. The number of ether oxygens (including phenoxy) is 1. The van der Waals surface area contributed by atoms with Crippen LogP contribution in [0.25, 0.3) is 54.6 Å². The van der Waals surface area contributed by atoms with Crippen molar-refractivity contribution in [3.05, 3.63) is 186 Å². The summed E-state index contributed by atoms with van der Waals surface area (Å²) in [6, 6.07) is 53.8. The summed E-state index contributed by atoms with van der Waals surface area (Å²) in [5, 5.41) is 7.49. The van der Waals surface area contributed by atoms with Gasteiger partial charge in [-0.25, -0.2) is 0 Å². The van der Waals surface area contributed by atoms with Crippen LogP contribution in [-0.2, 0) is 5.41 Å². The number of hydrogen-bond acceptors (Lipinski definition) is 2. The van der Waals surface area contributed by atoms with Crippen LogP contribution >= 0.6 is 0 Å². The zero-order chi connectivity index (χ0) is 36.8. The van der Waals surface area contributed by atoms with Crippen molar-refractivity contribution < 1.29 is 4.74 Å². The number of para-hydroxylation sites is 2. The highest BCUT2D eigenvalue weighted by atomic mass is 16.5. The highest BCUT2D eigenvalue weighted by molar-refractivity contribution is 6.19. The molecule has 8 aromatic rings. The zero-order valence-electron chi connectivity index (χ0n) is 31.5. The summed E-state index contributed by atoms with van der Waals surface area (Å²) in [5.74, 6) is 1.18. The Morgan fingerprint density at radius 1 is 0.618 bits per heavy atom. The lowest BCUT2D eigenvalue weighted by atomic mass is 9.54. The molecule has 2 aliphatic heterocycles.